The van der Waals surface area contributed by atoms with Crippen LogP contribution in [0.25, 0.3) is 0 Å². The van der Waals surface area contributed by atoms with Crippen LogP contribution in [0.2, 0.25) is 0 Å². The van der Waals surface area contributed by atoms with Crippen molar-refractivity contribution >= 4 is 17.6 Å². The Morgan fingerprint density at radius 1 is 1.22 bits per heavy atom. The summed E-state index contributed by atoms with van der Waals surface area (Å²) in [6, 6.07) is 9.63. The zero-order chi connectivity index (χ0) is 20.1. The van der Waals surface area contributed by atoms with Gasteiger partial charge in [-0.15, -0.1) is 0 Å². The minimum absolute atomic E-state index is 0.206. The molecular weight excluding hydrogens is 355 g/mol. The zero-order valence-corrected chi connectivity index (χ0v) is 15.1. The molecule has 7 nitrogen and oxygen atoms in total. The van der Waals surface area contributed by atoms with Crippen LogP contribution in [0.5, 0.6) is 0 Å². The molecule has 0 aliphatic rings. The lowest BCUT2D eigenvalue weighted by atomic mass is 10.1. The number of carbonyl (C=O) groups is 2. The summed E-state index contributed by atoms with van der Waals surface area (Å²) in [5.74, 6) is -1.81. The van der Waals surface area contributed by atoms with Gasteiger partial charge in [0.05, 0.1) is 11.0 Å². The number of esters is 1. The molecular formula is C19H19FN2O5. The highest BCUT2D eigenvalue weighted by Gasteiger charge is 2.25. The largest absolute Gasteiger partial charge is 0.452 e. The highest BCUT2D eigenvalue weighted by molar-refractivity contribution is 5.95. The van der Waals surface area contributed by atoms with Gasteiger partial charge in [-0.25, -0.2) is 9.18 Å². The van der Waals surface area contributed by atoms with E-state index in [1.807, 2.05) is 0 Å². The minimum atomic E-state index is -0.943. The number of carbonyl (C=O) groups excluding carboxylic acids is 2. The van der Waals surface area contributed by atoms with Crippen LogP contribution in [0.3, 0.4) is 0 Å². The lowest BCUT2D eigenvalue weighted by Crippen LogP contribution is -2.33. The Kier molecular flexibility index (Phi) is 6.23. The third kappa shape index (κ3) is 4.66. The van der Waals surface area contributed by atoms with E-state index < -0.39 is 23.4 Å². The normalized spacial score (nSPS) is 11.6. The Labute approximate surface area is 155 Å². The summed E-state index contributed by atoms with van der Waals surface area (Å²) in [5.41, 5.74) is 0.487. The molecule has 0 fully saturated rings. The number of aryl methyl sites for hydroxylation is 1. The van der Waals surface area contributed by atoms with Crippen molar-refractivity contribution < 1.29 is 23.6 Å². The second-order valence-electron chi connectivity index (χ2n) is 6.04. The number of benzene rings is 2. The highest BCUT2D eigenvalue weighted by Crippen LogP contribution is 2.24. The number of amides is 1. The van der Waals surface area contributed by atoms with E-state index >= 15 is 0 Å². The Balaban J connectivity index is 2.04. The second-order valence-corrected chi connectivity index (χ2v) is 6.04. The predicted octanol–water partition coefficient (Wildman–Crippen LogP) is 3.42. The SMILES string of the molecule is Cc1cccc(C(=O)OCC(=O)N(C)[C@H](C)c2ccc(F)cc2)c1[N+](=O)[O-]. The minimum Gasteiger partial charge on any atom is -0.452 e. The average molecular weight is 374 g/mol. The number of hydrogen-bond acceptors (Lipinski definition) is 5. The molecule has 0 N–H and O–H groups in total. The molecule has 0 aliphatic carbocycles. The maximum atomic E-state index is 13.0. The van der Waals surface area contributed by atoms with Gasteiger partial charge in [0.25, 0.3) is 11.6 Å². The van der Waals surface area contributed by atoms with E-state index in [0.717, 1.165) is 0 Å². The topological polar surface area (TPSA) is 89.8 Å². The fraction of sp³-hybridized carbons (Fsp3) is 0.263. The molecule has 0 unspecified atom stereocenters. The Morgan fingerprint density at radius 2 is 1.85 bits per heavy atom. The van der Waals surface area contributed by atoms with Crippen LogP contribution < -0.4 is 0 Å². The molecule has 8 heteroatoms. The fourth-order valence-corrected chi connectivity index (χ4v) is 2.55. The van der Waals surface area contributed by atoms with E-state index in [0.29, 0.717) is 11.1 Å². The first-order chi connectivity index (χ1) is 12.7. The molecule has 2 rings (SSSR count). The average Bonchev–Trinajstić information content (AvgIpc) is 2.64. The van der Waals surface area contributed by atoms with Gasteiger partial charge in [-0.2, -0.15) is 0 Å². The summed E-state index contributed by atoms with van der Waals surface area (Å²) < 4.78 is 18.0. The molecule has 2 aromatic carbocycles. The third-order valence-corrected chi connectivity index (χ3v) is 4.29. The molecule has 0 saturated heterocycles. The molecule has 0 bridgehead atoms. The maximum absolute atomic E-state index is 13.0. The summed E-state index contributed by atoms with van der Waals surface area (Å²) in [5, 5.41) is 11.2. The first kappa shape index (κ1) is 20.0. The van der Waals surface area contributed by atoms with Gasteiger partial charge in [0.2, 0.25) is 0 Å². The fourth-order valence-electron chi connectivity index (χ4n) is 2.55. The molecule has 27 heavy (non-hydrogen) atoms. The van der Waals surface area contributed by atoms with Gasteiger partial charge in [0, 0.05) is 12.6 Å². The van der Waals surface area contributed by atoms with Gasteiger partial charge in [-0.1, -0.05) is 24.3 Å². The quantitative estimate of drug-likeness (QED) is 0.439. The molecule has 0 aromatic heterocycles. The lowest BCUT2D eigenvalue weighted by molar-refractivity contribution is -0.385. The van der Waals surface area contributed by atoms with Crippen molar-refractivity contribution in [1.82, 2.24) is 4.90 Å². The molecule has 0 saturated carbocycles. The second kappa shape index (κ2) is 8.39. The van der Waals surface area contributed by atoms with Crippen LogP contribution in [-0.4, -0.2) is 35.4 Å². The lowest BCUT2D eigenvalue weighted by Gasteiger charge is -2.25. The number of ether oxygens (including phenoxy) is 1. The third-order valence-electron chi connectivity index (χ3n) is 4.29. The van der Waals surface area contributed by atoms with E-state index in [2.05, 4.69) is 0 Å². The van der Waals surface area contributed by atoms with Crippen LogP contribution in [0, 0.1) is 22.9 Å². The maximum Gasteiger partial charge on any atom is 0.345 e. The first-order valence-corrected chi connectivity index (χ1v) is 8.14. The number of nitro benzene ring substituents is 1. The number of likely N-dealkylation sites (N-methyl/N-ethyl adjacent to an activating group) is 1. The molecule has 0 aliphatic heterocycles. The number of rotatable bonds is 6. The highest BCUT2D eigenvalue weighted by atomic mass is 19.1. The van der Waals surface area contributed by atoms with Gasteiger partial charge in [-0.05, 0) is 37.6 Å². The van der Waals surface area contributed by atoms with Crippen molar-refractivity contribution in [2.75, 3.05) is 13.7 Å². The molecule has 142 valence electrons. The summed E-state index contributed by atoms with van der Waals surface area (Å²) in [7, 11) is 1.53. The Morgan fingerprint density at radius 3 is 2.44 bits per heavy atom. The molecule has 2 aromatic rings. The van der Waals surface area contributed by atoms with E-state index in [1.165, 1.54) is 49.2 Å². The molecule has 1 amide bonds. The number of para-hydroxylation sites is 1. The summed E-state index contributed by atoms with van der Waals surface area (Å²) in [6.07, 6.45) is 0. The van der Waals surface area contributed by atoms with E-state index in [9.17, 15) is 24.1 Å². The first-order valence-electron chi connectivity index (χ1n) is 8.14. The van der Waals surface area contributed by atoms with Crippen molar-refractivity contribution in [2.45, 2.75) is 19.9 Å². The molecule has 0 spiro atoms. The van der Waals surface area contributed by atoms with Gasteiger partial charge in [-0.3, -0.25) is 14.9 Å². The molecule has 0 radical (unpaired) electrons. The predicted molar refractivity (Wildman–Crippen MR) is 95.7 cm³/mol. The van der Waals surface area contributed by atoms with E-state index in [4.69, 9.17) is 4.74 Å². The van der Waals surface area contributed by atoms with Crippen molar-refractivity contribution in [3.63, 3.8) is 0 Å². The smallest absolute Gasteiger partial charge is 0.345 e. The van der Waals surface area contributed by atoms with Crippen LogP contribution in [0.4, 0.5) is 10.1 Å². The van der Waals surface area contributed by atoms with Crippen molar-refractivity contribution in [3.8, 4) is 0 Å². The number of nitro groups is 1. The zero-order valence-electron chi connectivity index (χ0n) is 15.1. The van der Waals surface area contributed by atoms with Crippen molar-refractivity contribution in [2.24, 2.45) is 0 Å². The van der Waals surface area contributed by atoms with Gasteiger partial charge in [0.1, 0.15) is 11.4 Å². The van der Waals surface area contributed by atoms with Crippen LogP contribution in [0.1, 0.15) is 34.5 Å². The Hall–Kier alpha value is -3.29. The summed E-state index contributed by atoms with van der Waals surface area (Å²) in [4.78, 5) is 36.3. The molecule has 0 heterocycles. The summed E-state index contributed by atoms with van der Waals surface area (Å²) in [6.45, 7) is 2.70. The van der Waals surface area contributed by atoms with Crippen LogP contribution in [-0.2, 0) is 9.53 Å². The Bertz CT molecular complexity index is 867. The van der Waals surface area contributed by atoms with Crippen molar-refractivity contribution in [3.05, 3.63) is 75.1 Å². The monoisotopic (exact) mass is 374 g/mol. The number of halogens is 1. The van der Waals surface area contributed by atoms with Gasteiger partial charge >= 0.3 is 5.97 Å². The van der Waals surface area contributed by atoms with E-state index in [-0.39, 0.29) is 23.1 Å². The van der Waals surface area contributed by atoms with Crippen molar-refractivity contribution in [1.29, 1.82) is 0 Å². The van der Waals surface area contributed by atoms with Crippen LogP contribution >= 0.6 is 0 Å². The number of nitrogens with zero attached hydrogens (tertiary/aromatic N) is 2. The van der Waals surface area contributed by atoms with E-state index in [1.54, 1.807) is 19.1 Å². The van der Waals surface area contributed by atoms with Gasteiger partial charge < -0.3 is 9.64 Å². The summed E-state index contributed by atoms with van der Waals surface area (Å²) >= 11 is 0. The number of hydrogen-bond donors (Lipinski definition) is 0. The molecule has 1 atom stereocenters. The van der Waals surface area contributed by atoms with Gasteiger partial charge in [0.15, 0.2) is 6.61 Å². The van der Waals surface area contributed by atoms with Crippen LogP contribution in [0.15, 0.2) is 42.5 Å². The standard InChI is InChI=1S/C19H19FN2O5/c1-12-5-4-6-16(18(12)22(25)26)19(24)27-11-17(23)21(3)13(2)14-7-9-15(20)10-8-14/h4-10,13H,11H2,1-3H3/t13-/m1/s1.